The summed E-state index contributed by atoms with van der Waals surface area (Å²) in [4.78, 5) is 13.1. The van der Waals surface area contributed by atoms with Crippen LogP contribution < -0.4 is 5.32 Å². The fourth-order valence-corrected chi connectivity index (χ4v) is 1.32. The Morgan fingerprint density at radius 2 is 2.25 bits per heavy atom. The van der Waals surface area contributed by atoms with Gasteiger partial charge in [-0.1, -0.05) is 0 Å². The fourth-order valence-electron chi connectivity index (χ4n) is 1.32. The van der Waals surface area contributed by atoms with Gasteiger partial charge in [0.25, 0.3) is 0 Å². The van der Waals surface area contributed by atoms with Crippen LogP contribution in [0.3, 0.4) is 0 Å². The Bertz CT molecular complexity index is 127. The van der Waals surface area contributed by atoms with Crippen LogP contribution in [0.15, 0.2) is 0 Å². The molecule has 0 saturated carbocycles. The number of carbonyl (C=O) groups is 1. The molecule has 0 aliphatic carbocycles. The SMILES string of the molecule is CCN1CCC(NC)C1=O.[CH3-].[Y]. The van der Waals surface area contributed by atoms with Crippen molar-refractivity contribution in [1.29, 1.82) is 0 Å². The zero-order valence-corrected chi connectivity index (χ0v) is 11.0. The van der Waals surface area contributed by atoms with E-state index < -0.39 is 0 Å². The number of nitrogens with one attached hydrogen (secondary N) is 1. The first kappa shape index (κ1) is 15.0. The van der Waals surface area contributed by atoms with Crippen LogP contribution in [0.1, 0.15) is 13.3 Å². The molecule has 1 unspecified atom stereocenters. The summed E-state index contributed by atoms with van der Waals surface area (Å²) in [5.41, 5.74) is 0. The summed E-state index contributed by atoms with van der Waals surface area (Å²) in [5, 5.41) is 2.99. The molecule has 0 aromatic heterocycles. The third-order valence-electron chi connectivity index (χ3n) is 2.03. The first-order chi connectivity index (χ1) is 4.79. The van der Waals surface area contributed by atoms with E-state index >= 15 is 0 Å². The van der Waals surface area contributed by atoms with Gasteiger partial charge in [-0.25, -0.2) is 0 Å². The predicted octanol–water partition coefficient (Wildman–Crippen LogP) is 0.274. The van der Waals surface area contributed by atoms with Gasteiger partial charge < -0.3 is 17.6 Å². The number of rotatable bonds is 2. The maximum Gasteiger partial charge on any atom is 0.239 e. The Morgan fingerprint density at radius 3 is 2.50 bits per heavy atom. The Balaban J connectivity index is 0. The molecule has 0 bridgehead atoms. The molecular weight excluding hydrogens is 229 g/mol. The van der Waals surface area contributed by atoms with E-state index in [1.807, 2.05) is 18.9 Å². The van der Waals surface area contributed by atoms with Gasteiger partial charge in [-0.2, -0.15) is 0 Å². The molecule has 1 rings (SSSR count). The summed E-state index contributed by atoms with van der Waals surface area (Å²) in [6.45, 7) is 3.77. The first-order valence-electron chi connectivity index (χ1n) is 3.75. The van der Waals surface area contributed by atoms with Crippen molar-refractivity contribution in [3.8, 4) is 0 Å². The van der Waals surface area contributed by atoms with E-state index in [0.29, 0.717) is 0 Å². The quantitative estimate of drug-likeness (QED) is 0.709. The largest absolute Gasteiger partial charge is 0.358 e. The molecule has 1 amide bonds. The van der Waals surface area contributed by atoms with E-state index in [1.54, 1.807) is 0 Å². The molecule has 69 valence electrons. The minimum atomic E-state index is 0. The number of carbonyl (C=O) groups excluding carboxylic acids is 1. The van der Waals surface area contributed by atoms with Crippen molar-refractivity contribution < 1.29 is 37.5 Å². The normalized spacial score (nSPS) is 21.7. The molecule has 12 heavy (non-hydrogen) atoms. The van der Waals surface area contributed by atoms with Gasteiger partial charge in [0, 0.05) is 45.8 Å². The van der Waals surface area contributed by atoms with Crippen molar-refractivity contribution in [3.63, 3.8) is 0 Å². The van der Waals surface area contributed by atoms with Crippen molar-refractivity contribution in [3.05, 3.63) is 7.43 Å². The molecule has 1 radical (unpaired) electrons. The van der Waals surface area contributed by atoms with E-state index in [9.17, 15) is 4.79 Å². The molecule has 1 saturated heterocycles. The predicted molar refractivity (Wildman–Crippen MR) is 46.1 cm³/mol. The summed E-state index contributed by atoms with van der Waals surface area (Å²) in [7, 11) is 1.84. The first-order valence-corrected chi connectivity index (χ1v) is 3.75. The molecule has 1 aliphatic heterocycles. The Hall–Kier alpha value is 0.534. The average Bonchev–Trinajstić information content (AvgIpc) is 2.30. The van der Waals surface area contributed by atoms with E-state index in [0.717, 1.165) is 19.5 Å². The molecule has 1 N–H and O–H groups in total. The van der Waals surface area contributed by atoms with E-state index in [-0.39, 0.29) is 52.1 Å². The summed E-state index contributed by atoms with van der Waals surface area (Å²) < 4.78 is 0. The molecular formula is C8H17N2OY-. The monoisotopic (exact) mass is 246 g/mol. The van der Waals surface area contributed by atoms with Crippen molar-refractivity contribution in [2.24, 2.45) is 0 Å². The Labute approximate surface area is 100 Å². The third-order valence-corrected chi connectivity index (χ3v) is 2.03. The van der Waals surface area contributed by atoms with Gasteiger partial charge >= 0.3 is 0 Å². The minimum Gasteiger partial charge on any atom is -0.358 e. The van der Waals surface area contributed by atoms with Crippen LogP contribution >= 0.6 is 0 Å². The van der Waals surface area contributed by atoms with Crippen LogP contribution in [0.25, 0.3) is 0 Å². The number of likely N-dealkylation sites (tertiary alicyclic amines) is 1. The molecule has 1 atom stereocenters. The van der Waals surface area contributed by atoms with Gasteiger partial charge in [-0.3, -0.25) is 4.79 Å². The number of nitrogens with zero attached hydrogens (tertiary/aromatic N) is 1. The molecule has 1 fully saturated rings. The number of hydrogen-bond acceptors (Lipinski definition) is 2. The van der Waals surface area contributed by atoms with Gasteiger partial charge in [-0.05, 0) is 20.4 Å². The van der Waals surface area contributed by atoms with Gasteiger partial charge in [0.2, 0.25) is 5.91 Å². The second-order valence-electron chi connectivity index (χ2n) is 2.55. The molecule has 1 heterocycles. The van der Waals surface area contributed by atoms with E-state index in [2.05, 4.69) is 5.32 Å². The number of amides is 1. The molecule has 1 aliphatic rings. The summed E-state index contributed by atoms with van der Waals surface area (Å²) >= 11 is 0. The number of likely N-dealkylation sites (N-methyl/N-ethyl adjacent to an activating group) is 2. The number of hydrogen-bond donors (Lipinski definition) is 1. The van der Waals surface area contributed by atoms with Crippen LogP contribution in [0.5, 0.6) is 0 Å². The zero-order chi connectivity index (χ0) is 7.56. The standard InChI is InChI=1S/C7H14N2O.CH3.Y/c1-3-9-5-4-6(8-2)7(9)10;;/h6,8H,3-5H2,1-2H3;1H3;/q;-1;. The van der Waals surface area contributed by atoms with Crippen LogP contribution in [0.4, 0.5) is 0 Å². The van der Waals surface area contributed by atoms with Crippen molar-refractivity contribution in [1.82, 2.24) is 10.2 Å². The molecule has 0 spiro atoms. The topological polar surface area (TPSA) is 32.3 Å². The van der Waals surface area contributed by atoms with Crippen molar-refractivity contribution >= 4 is 5.91 Å². The van der Waals surface area contributed by atoms with Crippen molar-refractivity contribution in [2.45, 2.75) is 19.4 Å². The van der Waals surface area contributed by atoms with Crippen LogP contribution in [0.2, 0.25) is 0 Å². The second kappa shape index (κ2) is 6.99. The average molecular weight is 246 g/mol. The van der Waals surface area contributed by atoms with Crippen LogP contribution in [0, 0.1) is 7.43 Å². The third kappa shape index (κ3) is 3.11. The van der Waals surface area contributed by atoms with Crippen LogP contribution in [-0.2, 0) is 37.5 Å². The maximum absolute atomic E-state index is 11.2. The van der Waals surface area contributed by atoms with Crippen molar-refractivity contribution in [2.75, 3.05) is 20.1 Å². The molecule has 4 heteroatoms. The Morgan fingerprint density at radius 1 is 1.67 bits per heavy atom. The molecule has 3 nitrogen and oxygen atoms in total. The van der Waals surface area contributed by atoms with Gasteiger partial charge in [0.1, 0.15) is 0 Å². The fraction of sp³-hybridized carbons (Fsp3) is 0.750. The maximum atomic E-state index is 11.2. The van der Waals surface area contributed by atoms with Crippen LogP contribution in [-0.4, -0.2) is 37.0 Å². The van der Waals surface area contributed by atoms with E-state index in [1.165, 1.54) is 0 Å². The molecule has 0 aromatic carbocycles. The second-order valence-corrected chi connectivity index (χ2v) is 2.55. The summed E-state index contributed by atoms with van der Waals surface area (Å²) in [6, 6.07) is 0.0833. The van der Waals surface area contributed by atoms with Gasteiger partial charge in [0.05, 0.1) is 6.04 Å². The van der Waals surface area contributed by atoms with E-state index in [4.69, 9.17) is 0 Å². The van der Waals surface area contributed by atoms with Gasteiger partial charge in [0.15, 0.2) is 0 Å². The summed E-state index contributed by atoms with van der Waals surface area (Å²) in [6.07, 6.45) is 0.961. The zero-order valence-electron chi connectivity index (χ0n) is 8.13. The Kier molecular flexibility index (Phi) is 8.75. The summed E-state index contributed by atoms with van der Waals surface area (Å²) in [5.74, 6) is 0.255. The molecule has 0 aromatic rings. The minimum absolute atomic E-state index is 0. The van der Waals surface area contributed by atoms with Gasteiger partial charge in [-0.15, -0.1) is 0 Å². The smallest absolute Gasteiger partial charge is 0.239 e.